The van der Waals surface area contributed by atoms with Gasteiger partial charge in [0, 0.05) is 6.20 Å². The number of nitrogens with zero attached hydrogens (tertiary/aromatic N) is 3. The monoisotopic (exact) mass is 215 g/mol. The van der Waals surface area contributed by atoms with Crippen LogP contribution < -0.4 is 0 Å². The predicted molar refractivity (Wildman–Crippen MR) is 50.5 cm³/mol. The Hall–Kier alpha value is -1.12. The second-order valence-electron chi connectivity index (χ2n) is 2.20. The summed E-state index contributed by atoms with van der Waals surface area (Å²) in [4.78, 5) is 3.80. The molecule has 1 aromatic heterocycles. The van der Waals surface area contributed by atoms with Crippen LogP contribution in [0.5, 0.6) is 0 Å². The molecule has 0 spiro atoms. The zero-order chi connectivity index (χ0) is 9.68. The quantitative estimate of drug-likeness (QED) is 0.461. The van der Waals surface area contributed by atoms with Crippen LogP contribution in [-0.4, -0.2) is 9.19 Å². The molecule has 0 aliphatic heterocycles. The Labute approximate surface area is 82.4 Å². The Balaban J connectivity index is 2.77. The van der Waals surface area contributed by atoms with Crippen LogP contribution in [0.2, 0.25) is 5.15 Å². The maximum Gasteiger partial charge on any atom is 0.214 e. The minimum atomic E-state index is -1.84. The lowest BCUT2D eigenvalue weighted by atomic mass is 10.3. The third-order valence-electron chi connectivity index (χ3n) is 1.26. The van der Waals surface area contributed by atoms with E-state index in [0.717, 1.165) is 5.56 Å². The summed E-state index contributed by atoms with van der Waals surface area (Å²) in [7, 11) is -1.84. The van der Waals surface area contributed by atoms with E-state index in [4.69, 9.17) is 16.9 Å². The highest BCUT2D eigenvalue weighted by molar-refractivity contribution is 7.74. The summed E-state index contributed by atoms with van der Waals surface area (Å²) in [5.74, 6) is 0.229. The molecular formula is C7H6ClN3OS. The van der Waals surface area contributed by atoms with Crippen molar-refractivity contribution in [3.8, 4) is 6.19 Å². The van der Waals surface area contributed by atoms with Gasteiger partial charge in [-0.1, -0.05) is 17.7 Å². The number of nitriles is 1. The van der Waals surface area contributed by atoms with Crippen molar-refractivity contribution in [1.29, 1.82) is 5.26 Å². The SMILES string of the molecule is N#C/N=[SH](=O)/Cc1ccc(Cl)nc1. The molecule has 0 radical (unpaired) electrons. The van der Waals surface area contributed by atoms with Gasteiger partial charge in [-0.25, -0.2) is 4.98 Å². The standard InChI is InChI=1S/C7H6ClN3OS/c8-7-2-1-6(3-10-7)4-13(12)11-5-9/h1-3,13H,4H2. The lowest BCUT2D eigenvalue weighted by molar-refractivity contribution is 0.688. The molecule has 4 nitrogen and oxygen atoms in total. The number of hydrogen-bond acceptors (Lipinski definition) is 4. The smallest absolute Gasteiger partial charge is 0.214 e. The zero-order valence-corrected chi connectivity index (χ0v) is 8.16. The molecule has 0 saturated heterocycles. The van der Waals surface area contributed by atoms with Gasteiger partial charge in [0.1, 0.15) is 5.15 Å². The molecule has 68 valence electrons. The molecule has 6 heteroatoms. The first-order chi connectivity index (χ1) is 6.22. The van der Waals surface area contributed by atoms with Crippen LogP contribution in [0, 0.1) is 11.5 Å². The van der Waals surface area contributed by atoms with Crippen LogP contribution in [0.25, 0.3) is 0 Å². The van der Waals surface area contributed by atoms with E-state index in [2.05, 4.69) is 9.35 Å². The zero-order valence-electron chi connectivity index (χ0n) is 6.51. The molecule has 13 heavy (non-hydrogen) atoms. The molecule has 1 heterocycles. The fraction of sp³-hybridized carbons (Fsp3) is 0.143. The second-order valence-corrected chi connectivity index (χ2v) is 3.81. The van der Waals surface area contributed by atoms with Crippen LogP contribution in [-0.2, 0) is 16.3 Å². The fourth-order valence-electron chi connectivity index (χ4n) is 0.741. The third-order valence-corrected chi connectivity index (χ3v) is 2.43. The summed E-state index contributed by atoms with van der Waals surface area (Å²) in [6, 6.07) is 3.31. The number of aromatic nitrogens is 1. The van der Waals surface area contributed by atoms with E-state index in [0.29, 0.717) is 5.15 Å². The number of rotatable bonds is 2. The maximum absolute atomic E-state index is 11.0. The first-order valence-electron chi connectivity index (χ1n) is 3.37. The summed E-state index contributed by atoms with van der Waals surface area (Å²) in [5, 5.41) is 8.51. The van der Waals surface area contributed by atoms with E-state index in [-0.39, 0.29) is 5.75 Å². The molecule has 1 aromatic rings. The van der Waals surface area contributed by atoms with Crippen molar-refractivity contribution in [1.82, 2.24) is 4.98 Å². The van der Waals surface area contributed by atoms with E-state index >= 15 is 0 Å². The first-order valence-corrected chi connectivity index (χ1v) is 5.15. The van der Waals surface area contributed by atoms with Gasteiger partial charge >= 0.3 is 0 Å². The van der Waals surface area contributed by atoms with E-state index in [1.165, 1.54) is 12.4 Å². The van der Waals surface area contributed by atoms with Gasteiger partial charge < -0.3 is 0 Å². The molecule has 0 saturated carbocycles. The molecule has 0 amide bonds. The third kappa shape index (κ3) is 3.40. The molecule has 0 N–H and O–H groups in total. The fourth-order valence-corrected chi connectivity index (χ4v) is 1.52. The average Bonchev–Trinajstić information content (AvgIpc) is 2.09. The summed E-state index contributed by atoms with van der Waals surface area (Å²) in [5.41, 5.74) is 0.754. The van der Waals surface area contributed by atoms with Crippen molar-refractivity contribution in [2.45, 2.75) is 5.75 Å². The summed E-state index contributed by atoms with van der Waals surface area (Å²) >= 11 is 5.55. The average molecular weight is 216 g/mol. The van der Waals surface area contributed by atoms with Crippen molar-refractivity contribution >= 4 is 22.2 Å². The first kappa shape index (κ1) is 9.96. The summed E-state index contributed by atoms with van der Waals surface area (Å²) in [6.07, 6.45) is 3.01. The van der Waals surface area contributed by atoms with Gasteiger partial charge in [0.25, 0.3) is 0 Å². The van der Waals surface area contributed by atoms with E-state index < -0.39 is 10.6 Å². The summed E-state index contributed by atoms with van der Waals surface area (Å²) in [6.45, 7) is 0. The van der Waals surface area contributed by atoms with Crippen molar-refractivity contribution in [2.75, 3.05) is 0 Å². The van der Waals surface area contributed by atoms with Gasteiger partial charge in [-0.2, -0.15) is 5.26 Å². The molecular weight excluding hydrogens is 210 g/mol. The molecule has 1 atom stereocenters. The Morgan fingerprint density at radius 1 is 1.69 bits per heavy atom. The van der Waals surface area contributed by atoms with Gasteiger partial charge in [-0.05, 0) is 11.6 Å². The van der Waals surface area contributed by atoms with Crippen LogP contribution >= 0.6 is 11.6 Å². The molecule has 1 unspecified atom stereocenters. The largest absolute Gasteiger partial charge is 0.251 e. The second kappa shape index (κ2) is 4.80. The van der Waals surface area contributed by atoms with E-state index in [1.807, 2.05) is 0 Å². The van der Waals surface area contributed by atoms with Gasteiger partial charge in [0.2, 0.25) is 6.19 Å². The van der Waals surface area contributed by atoms with Gasteiger partial charge in [0.05, 0.1) is 16.3 Å². The van der Waals surface area contributed by atoms with Crippen molar-refractivity contribution < 1.29 is 4.21 Å². The van der Waals surface area contributed by atoms with Gasteiger partial charge in [0.15, 0.2) is 0 Å². The van der Waals surface area contributed by atoms with Gasteiger partial charge in [-0.15, -0.1) is 4.36 Å². The van der Waals surface area contributed by atoms with Crippen molar-refractivity contribution in [3.05, 3.63) is 29.0 Å². The Morgan fingerprint density at radius 2 is 2.46 bits per heavy atom. The number of halogens is 1. The Kier molecular flexibility index (Phi) is 3.68. The summed E-state index contributed by atoms with van der Waals surface area (Å²) < 4.78 is 14.2. The topological polar surface area (TPSA) is 66.1 Å². The highest BCUT2D eigenvalue weighted by atomic mass is 35.5. The molecule has 1 rings (SSSR count). The van der Waals surface area contributed by atoms with Crippen LogP contribution in [0.15, 0.2) is 22.7 Å². The minimum absolute atomic E-state index is 0.229. The molecule has 0 aliphatic rings. The molecule has 0 fully saturated rings. The Bertz CT molecular complexity index is 403. The van der Waals surface area contributed by atoms with Crippen LogP contribution in [0.3, 0.4) is 0 Å². The number of hydrogen-bond donors (Lipinski definition) is 1. The van der Waals surface area contributed by atoms with Crippen molar-refractivity contribution in [2.24, 2.45) is 4.36 Å². The van der Waals surface area contributed by atoms with E-state index in [9.17, 15) is 4.21 Å². The normalized spacial score (nSPS) is 12.3. The Morgan fingerprint density at radius 3 is 3.00 bits per heavy atom. The number of thiol groups is 1. The molecule has 0 bridgehead atoms. The lowest BCUT2D eigenvalue weighted by Crippen LogP contribution is -1.87. The number of pyridine rings is 1. The minimum Gasteiger partial charge on any atom is -0.251 e. The predicted octanol–water partition coefficient (Wildman–Crippen LogP) is 1.38. The lowest BCUT2D eigenvalue weighted by Gasteiger charge is -1.93. The van der Waals surface area contributed by atoms with E-state index in [1.54, 1.807) is 12.1 Å². The van der Waals surface area contributed by atoms with Crippen molar-refractivity contribution in [3.63, 3.8) is 0 Å². The maximum atomic E-state index is 11.0. The molecule has 0 aliphatic carbocycles. The van der Waals surface area contributed by atoms with Gasteiger partial charge in [-0.3, -0.25) is 4.21 Å². The highest BCUT2D eigenvalue weighted by Crippen LogP contribution is 2.05. The molecule has 0 aromatic carbocycles. The highest BCUT2D eigenvalue weighted by Gasteiger charge is 1.94. The van der Waals surface area contributed by atoms with Crippen LogP contribution in [0.1, 0.15) is 5.56 Å². The van der Waals surface area contributed by atoms with Crippen LogP contribution in [0.4, 0.5) is 0 Å².